The monoisotopic (exact) mass is 496 g/mol. The molecule has 2 aromatic rings. The Balaban J connectivity index is 2.12. The number of hydrogen-bond acceptors (Lipinski definition) is 5. The number of aromatic nitrogens is 1. The van der Waals surface area contributed by atoms with Crippen molar-refractivity contribution in [2.45, 2.75) is 12.7 Å². The molecule has 1 N–H and O–H groups in total. The smallest absolute Gasteiger partial charge is 0.422 e. The van der Waals surface area contributed by atoms with Crippen LogP contribution >= 0.6 is 22.6 Å². The highest BCUT2D eigenvalue weighted by Crippen LogP contribution is 2.31. The van der Waals surface area contributed by atoms with Gasteiger partial charge in [0.05, 0.1) is 19.8 Å². The van der Waals surface area contributed by atoms with Gasteiger partial charge in [-0.25, -0.2) is 4.98 Å². The summed E-state index contributed by atoms with van der Waals surface area (Å²) in [6.07, 6.45) is -3.16. The van der Waals surface area contributed by atoms with Crippen molar-refractivity contribution in [3.05, 3.63) is 45.2 Å². The Kier molecular flexibility index (Phi) is 7.11. The van der Waals surface area contributed by atoms with Gasteiger partial charge in [0.15, 0.2) is 18.1 Å². The number of carbonyl (C=O) groups excluding carboxylic acids is 1. The van der Waals surface area contributed by atoms with Crippen LogP contribution < -0.4 is 19.5 Å². The topological polar surface area (TPSA) is 69.7 Å². The Morgan fingerprint density at radius 1 is 1.22 bits per heavy atom. The molecule has 0 aliphatic carbocycles. The first-order chi connectivity index (χ1) is 12.7. The molecule has 0 aliphatic heterocycles. The maximum atomic E-state index is 12.5. The zero-order valence-corrected chi connectivity index (χ0v) is 16.6. The van der Waals surface area contributed by atoms with Crippen LogP contribution in [0.25, 0.3) is 0 Å². The number of nitrogens with one attached hydrogen (secondary N) is 1. The number of alkyl halides is 3. The number of amides is 1. The summed E-state index contributed by atoms with van der Waals surface area (Å²) < 4.78 is 52.7. The Labute approximate surface area is 167 Å². The van der Waals surface area contributed by atoms with Gasteiger partial charge in [-0.15, -0.1) is 0 Å². The number of nitrogens with zero attached hydrogens (tertiary/aromatic N) is 1. The van der Waals surface area contributed by atoms with E-state index >= 15 is 0 Å². The normalized spacial score (nSPS) is 11.0. The van der Waals surface area contributed by atoms with Crippen LogP contribution in [0.2, 0.25) is 0 Å². The van der Waals surface area contributed by atoms with Gasteiger partial charge in [-0.05, 0) is 40.8 Å². The molecule has 0 radical (unpaired) electrons. The first-order valence-corrected chi connectivity index (χ1v) is 8.66. The molecular formula is C17H16F3IN2O4. The van der Waals surface area contributed by atoms with E-state index in [4.69, 9.17) is 14.2 Å². The molecule has 0 fully saturated rings. The first-order valence-electron chi connectivity index (χ1n) is 7.58. The van der Waals surface area contributed by atoms with Crippen molar-refractivity contribution in [1.82, 2.24) is 10.3 Å². The van der Waals surface area contributed by atoms with E-state index in [0.717, 1.165) is 0 Å². The molecule has 1 aromatic heterocycles. The minimum Gasteiger partial charge on any atom is -0.493 e. The van der Waals surface area contributed by atoms with Crippen molar-refractivity contribution in [1.29, 1.82) is 0 Å². The van der Waals surface area contributed by atoms with E-state index in [-0.39, 0.29) is 12.4 Å². The molecule has 0 saturated heterocycles. The fourth-order valence-electron chi connectivity index (χ4n) is 2.14. The number of rotatable bonds is 7. The molecule has 0 spiro atoms. The Morgan fingerprint density at radius 3 is 2.52 bits per heavy atom. The SMILES string of the molecule is COc1cc(I)c(C(=O)NCc2cccnc2OCC(F)(F)F)cc1OC. The van der Waals surface area contributed by atoms with Gasteiger partial charge >= 0.3 is 6.18 Å². The molecule has 0 aliphatic rings. The summed E-state index contributed by atoms with van der Waals surface area (Å²) in [4.78, 5) is 16.3. The van der Waals surface area contributed by atoms with Crippen LogP contribution in [0.1, 0.15) is 15.9 Å². The fourth-order valence-corrected chi connectivity index (χ4v) is 2.82. The van der Waals surface area contributed by atoms with Crippen molar-refractivity contribution in [3.8, 4) is 17.4 Å². The molecule has 146 valence electrons. The third-order valence-electron chi connectivity index (χ3n) is 3.38. The second kappa shape index (κ2) is 9.11. The Hall–Kier alpha value is -2.24. The van der Waals surface area contributed by atoms with Crippen LogP contribution in [0.5, 0.6) is 17.4 Å². The Morgan fingerprint density at radius 2 is 1.89 bits per heavy atom. The molecule has 27 heavy (non-hydrogen) atoms. The highest BCUT2D eigenvalue weighted by Gasteiger charge is 2.29. The van der Waals surface area contributed by atoms with Crippen LogP contribution in [-0.2, 0) is 6.54 Å². The van der Waals surface area contributed by atoms with E-state index < -0.39 is 18.7 Å². The predicted octanol–water partition coefficient (Wildman–Crippen LogP) is 3.57. The number of ether oxygens (including phenoxy) is 3. The molecule has 1 amide bonds. The van der Waals surface area contributed by atoms with E-state index in [1.807, 2.05) is 22.6 Å². The third-order valence-corrected chi connectivity index (χ3v) is 4.27. The lowest BCUT2D eigenvalue weighted by Crippen LogP contribution is -2.25. The van der Waals surface area contributed by atoms with Gasteiger partial charge in [0.2, 0.25) is 5.88 Å². The second-order valence-electron chi connectivity index (χ2n) is 5.24. The minimum absolute atomic E-state index is 0.0513. The number of carbonyl (C=O) groups is 1. The van der Waals surface area contributed by atoms with Crippen molar-refractivity contribution < 1.29 is 32.2 Å². The van der Waals surface area contributed by atoms with Gasteiger partial charge in [-0.2, -0.15) is 13.2 Å². The summed E-state index contributed by atoms with van der Waals surface area (Å²) in [7, 11) is 2.94. The highest BCUT2D eigenvalue weighted by atomic mass is 127. The molecule has 6 nitrogen and oxygen atoms in total. The van der Waals surface area contributed by atoms with Crippen LogP contribution in [0.3, 0.4) is 0 Å². The van der Waals surface area contributed by atoms with E-state index in [9.17, 15) is 18.0 Å². The summed E-state index contributed by atoms with van der Waals surface area (Å²) in [6, 6.07) is 6.25. The second-order valence-corrected chi connectivity index (χ2v) is 6.40. The van der Waals surface area contributed by atoms with E-state index in [2.05, 4.69) is 10.3 Å². The van der Waals surface area contributed by atoms with Crippen molar-refractivity contribution in [2.24, 2.45) is 0 Å². The van der Waals surface area contributed by atoms with E-state index in [1.165, 1.54) is 32.5 Å². The molecular weight excluding hydrogens is 480 g/mol. The van der Waals surface area contributed by atoms with Gasteiger partial charge < -0.3 is 19.5 Å². The number of benzene rings is 1. The molecule has 0 atom stereocenters. The Bertz CT molecular complexity index is 815. The average molecular weight is 496 g/mol. The zero-order valence-electron chi connectivity index (χ0n) is 14.4. The van der Waals surface area contributed by atoms with Crippen LogP contribution in [-0.4, -0.2) is 37.9 Å². The lowest BCUT2D eigenvalue weighted by molar-refractivity contribution is -0.154. The molecule has 2 rings (SSSR count). The van der Waals surface area contributed by atoms with Gasteiger partial charge in [0.1, 0.15) is 0 Å². The average Bonchev–Trinajstić information content (AvgIpc) is 2.64. The molecule has 1 aromatic carbocycles. The van der Waals surface area contributed by atoms with Crippen molar-refractivity contribution >= 4 is 28.5 Å². The lowest BCUT2D eigenvalue weighted by atomic mass is 10.1. The number of halogens is 4. The molecule has 0 unspecified atom stereocenters. The summed E-state index contributed by atoms with van der Waals surface area (Å²) in [6.45, 7) is -1.51. The van der Waals surface area contributed by atoms with Crippen LogP contribution in [0.4, 0.5) is 13.2 Å². The number of methoxy groups -OCH3 is 2. The van der Waals surface area contributed by atoms with E-state index in [1.54, 1.807) is 12.1 Å². The van der Waals surface area contributed by atoms with Gasteiger partial charge in [-0.3, -0.25) is 4.79 Å². The van der Waals surface area contributed by atoms with Crippen LogP contribution in [0, 0.1) is 3.57 Å². The summed E-state index contributed by atoms with van der Waals surface area (Å²) in [5.41, 5.74) is 0.667. The quantitative estimate of drug-likeness (QED) is 0.594. The van der Waals surface area contributed by atoms with Crippen molar-refractivity contribution in [2.75, 3.05) is 20.8 Å². The van der Waals surface area contributed by atoms with Crippen LogP contribution in [0.15, 0.2) is 30.5 Å². The van der Waals surface area contributed by atoms with E-state index in [0.29, 0.717) is 26.2 Å². The maximum Gasteiger partial charge on any atom is 0.422 e. The summed E-state index contributed by atoms with van der Waals surface area (Å²) in [5.74, 6) is 0.260. The lowest BCUT2D eigenvalue weighted by Gasteiger charge is -2.14. The molecule has 0 saturated carbocycles. The largest absolute Gasteiger partial charge is 0.493 e. The number of hydrogen-bond donors (Lipinski definition) is 1. The standard InChI is InChI=1S/C17H16F3IN2O4/c1-25-13-6-11(12(21)7-14(13)26-2)15(24)23-8-10-4-3-5-22-16(10)27-9-17(18,19)20/h3-7H,8-9H2,1-2H3,(H,23,24). The van der Waals surface area contributed by atoms with Gasteiger partial charge in [0.25, 0.3) is 5.91 Å². The summed E-state index contributed by atoms with van der Waals surface area (Å²) in [5, 5.41) is 2.64. The fraction of sp³-hybridized carbons (Fsp3) is 0.294. The molecule has 1 heterocycles. The number of pyridine rings is 1. The van der Waals surface area contributed by atoms with Crippen molar-refractivity contribution in [3.63, 3.8) is 0 Å². The zero-order chi connectivity index (χ0) is 20.0. The maximum absolute atomic E-state index is 12.5. The molecule has 10 heteroatoms. The molecule has 0 bridgehead atoms. The highest BCUT2D eigenvalue weighted by molar-refractivity contribution is 14.1. The predicted molar refractivity (Wildman–Crippen MR) is 99.2 cm³/mol. The summed E-state index contributed by atoms with van der Waals surface area (Å²) >= 11 is 1.98. The third kappa shape index (κ3) is 5.88. The van der Waals surface area contributed by atoms with Gasteiger partial charge in [-0.1, -0.05) is 6.07 Å². The minimum atomic E-state index is -4.48. The van der Waals surface area contributed by atoms with Gasteiger partial charge in [0, 0.05) is 21.9 Å². The first kappa shape index (κ1) is 21.1.